The van der Waals surface area contributed by atoms with E-state index in [4.69, 9.17) is 16.1 Å². The Morgan fingerprint density at radius 1 is 1.21 bits per heavy atom. The Kier molecular flexibility index (Phi) is 5.13. The minimum atomic E-state index is -0.620. The number of benzene rings is 2. The molecule has 0 aliphatic rings. The molecule has 0 aliphatic carbocycles. The van der Waals surface area contributed by atoms with Gasteiger partial charge in [0.2, 0.25) is 5.82 Å². The minimum absolute atomic E-state index is 0.174. The van der Waals surface area contributed by atoms with Crippen LogP contribution in [0.1, 0.15) is 5.56 Å². The minimum Gasteiger partial charge on any atom is -0.390 e. The fraction of sp³-hybridized carbons (Fsp3) is 0.222. The van der Waals surface area contributed by atoms with Gasteiger partial charge in [-0.05, 0) is 25.1 Å². The molecule has 3 aromatic rings. The predicted octanol–water partition coefficient (Wildman–Crippen LogP) is 3.72. The first-order valence-electron chi connectivity index (χ1n) is 7.65. The van der Waals surface area contributed by atoms with Gasteiger partial charge in [-0.3, -0.25) is 0 Å². The van der Waals surface area contributed by atoms with Crippen LogP contribution in [-0.4, -0.2) is 33.8 Å². The molecule has 2 N–H and O–H groups in total. The molecule has 0 bridgehead atoms. The standard InChI is InChI=1S/C18H18ClN3O2/c1-12-5-4-6-13(9-12)17-21-18(24-22-17)15-7-2-3-8-16(15)20-11-14(23)10-19/h2-9,14,20,23H,10-11H2,1H3. The number of nitrogens with zero attached hydrogens (tertiary/aromatic N) is 2. The average molecular weight is 344 g/mol. The zero-order valence-electron chi connectivity index (χ0n) is 13.2. The Labute approximate surface area is 145 Å². The molecule has 0 fully saturated rings. The van der Waals surface area contributed by atoms with E-state index in [2.05, 4.69) is 15.5 Å². The first kappa shape index (κ1) is 16.5. The fourth-order valence-corrected chi connectivity index (χ4v) is 2.45. The number of aliphatic hydroxyl groups excluding tert-OH is 1. The van der Waals surface area contributed by atoms with E-state index in [0.717, 1.165) is 22.4 Å². The molecule has 2 aromatic carbocycles. The molecule has 6 heteroatoms. The van der Waals surface area contributed by atoms with Crippen LogP contribution in [0.15, 0.2) is 53.1 Å². The van der Waals surface area contributed by atoms with Crippen LogP contribution < -0.4 is 5.32 Å². The highest BCUT2D eigenvalue weighted by Crippen LogP contribution is 2.28. The number of para-hydroxylation sites is 1. The summed E-state index contributed by atoms with van der Waals surface area (Å²) in [5.74, 6) is 1.15. The number of anilines is 1. The lowest BCUT2D eigenvalue weighted by Gasteiger charge is -2.12. The third-order valence-electron chi connectivity index (χ3n) is 3.57. The van der Waals surface area contributed by atoms with Crippen molar-refractivity contribution in [3.63, 3.8) is 0 Å². The lowest BCUT2D eigenvalue weighted by molar-refractivity contribution is 0.211. The number of rotatable bonds is 6. The summed E-state index contributed by atoms with van der Waals surface area (Å²) in [7, 11) is 0. The highest BCUT2D eigenvalue weighted by Gasteiger charge is 2.14. The van der Waals surface area contributed by atoms with E-state index < -0.39 is 6.10 Å². The van der Waals surface area contributed by atoms with Crippen molar-refractivity contribution in [3.05, 3.63) is 54.1 Å². The van der Waals surface area contributed by atoms with Gasteiger partial charge in [0.05, 0.1) is 17.5 Å². The van der Waals surface area contributed by atoms with Gasteiger partial charge in [0.15, 0.2) is 0 Å². The van der Waals surface area contributed by atoms with Gasteiger partial charge in [-0.15, -0.1) is 11.6 Å². The molecular weight excluding hydrogens is 326 g/mol. The smallest absolute Gasteiger partial charge is 0.260 e. The first-order valence-corrected chi connectivity index (χ1v) is 8.19. The Morgan fingerprint density at radius 2 is 2.04 bits per heavy atom. The van der Waals surface area contributed by atoms with Crippen LogP contribution in [0.5, 0.6) is 0 Å². The summed E-state index contributed by atoms with van der Waals surface area (Å²) in [6.07, 6.45) is -0.620. The molecular formula is C18H18ClN3O2. The molecule has 0 amide bonds. The molecule has 0 spiro atoms. The monoisotopic (exact) mass is 343 g/mol. The van der Waals surface area contributed by atoms with E-state index in [9.17, 15) is 5.11 Å². The third-order valence-corrected chi connectivity index (χ3v) is 3.92. The van der Waals surface area contributed by atoms with Gasteiger partial charge < -0.3 is 14.9 Å². The number of alkyl halides is 1. The Hall–Kier alpha value is -2.37. The average Bonchev–Trinajstić information content (AvgIpc) is 3.10. The summed E-state index contributed by atoms with van der Waals surface area (Å²) in [5.41, 5.74) is 3.63. The molecule has 5 nitrogen and oxygen atoms in total. The fourth-order valence-electron chi connectivity index (χ4n) is 2.34. The summed E-state index contributed by atoms with van der Waals surface area (Å²) in [5, 5.41) is 16.8. The largest absolute Gasteiger partial charge is 0.390 e. The summed E-state index contributed by atoms with van der Waals surface area (Å²) >= 11 is 5.63. The lowest BCUT2D eigenvalue weighted by atomic mass is 10.1. The molecule has 1 unspecified atom stereocenters. The Morgan fingerprint density at radius 3 is 2.83 bits per heavy atom. The van der Waals surface area contributed by atoms with Crippen LogP contribution in [0.4, 0.5) is 5.69 Å². The lowest BCUT2D eigenvalue weighted by Crippen LogP contribution is -2.21. The second-order valence-corrected chi connectivity index (χ2v) is 5.84. The number of aliphatic hydroxyl groups is 1. The normalized spacial score (nSPS) is 12.1. The first-order chi connectivity index (χ1) is 11.7. The second-order valence-electron chi connectivity index (χ2n) is 5.53. The van der Waals surface area contributed by atoms with Crippen molar-refractivity contribution < 1.29 is 9.63 Å². The Bertz CT molecular complexity index is 819. The molecule has 124 valence electrons. The van der Waals surface area contributed by atoms with Crippen LogP contribution in [0.2, 0.25) is 0 Å². The van der Waals surface area contributed by atoms with Crippen molar-refractivity contribution in [3.8, 4) is 22.8 Å². The topological polar surface area (TPSA) is 71.2 Å². The predicted molar refractivity (Wildman–Crippen MR) is 95.1 cm³/mol. The van der Waals surface area contributed by atoms with Crippen molar-refractivity contribution in [1.29, 1.82) is 0 Å². The third kappa shape index (κ3) is 3.75. The van der Waals surface area contributed by atoms with E-state index in [1.807, 2.05) is 55.5 Å². The van der Waals surface area contributed by atoms with Crippen molar-refractivity contribution in [2.24, 2.45) is 0 Å². The number of hydrogen-bond acceptors (Lipinski definition) is 5. The maximum absolute atomic E-state index is 9.61. The van der Waals surface area contributed by atoms with Gasteiger partial charge in [-0.2, -0.15) is 4.98 Å². The van der Waals surface area contributed by atoms with Crippen molar-refractivity contribution in [2.75, 3.05) is 17.7 Å². The summed E-state index contributed by atoms with van der Waals surface area (Å²) in [4.78, 5) is 4.49. The SMILES string of the molecule is Cc1cccc(-c2noc(-c3ccccc3NCC(O)CCl)n2)c1. The van der Waals surface area contributed by atoms with Crippen LogP contribution in [-0.2, 0) is 0 Å². The molecule has 1 atom stereocenters. The summed E-state index contributed by atoms with van der Waals surface area (Å²) in [6.45, 7) is 2.37. The van der Waals surface area contributed by atoms with E-state index in [-0.39, 0.29) is 5.88 Å². The van der Waals surface area contributed by atoms with Crippen LogP contribution in [0.3, 0.4) is 0 Å². The number of aromatic nitrogens is 2. The zero-order valence-corrected chi connectivity index (χ0v) is 14.0. The van der Waals surface area contributed by atoms with E-state index >= 15 is 0 Å². The highest BCUT2D eigenvalue weighted by atomic mass is 35.5. The highest BCUT2D eigenvalue weighted by molar-refractivity contribution is 6.18. The van der Waals surface area contributed by atoms with E-state index in [1.54, 1.807) is 0 Å². The van der Waals surface area contributed by atoms with Crippen LogP contribution in [0.25, 0.3) is 22.8 Å². The van der Waals surface area contributed by atoms with Crippen molar-refractivity contribution >= 4 is 17.3 Å². The molecule has 24 heavy (non-hydrogen) atoms. The number of halogens is 1. The quantitative estimate of drug-likeness (QED) is 0.667. The van der Waals surface area contributed by atoms with Gasteiger partial charge in [0.1, 0.15) is 0 Å². The van der Waals surface area contributed by atoms with E-state index in [0.29, 0.717) is 18.3 Å². The molecule has 0 aliphatic heterocycles. The molecule has 1 heterocycles. The number of nitrogens with one attached hydrogen (secondary N) is 1. The second kappa shape index (κ2) is 7.47. The molecule has 1 aromatic heterocycles. The van der Waals surface area contributed by atoms with Gasteiger partial charge in [-0.1, -0.05) is 41.1 Å². The Balaban J connectivity index is 1.87. The van der Waals surface area contributed by atoms with Gasteiger partial charge in [-0.25, -0.2) is 0 Å². The van der Waals surface area contributed by atoms with Crippen LogP contribution >= 0.6 is 11.6 Å². The van der Waals surface area contributed by atoms with Gasteiger partial charge >= 0.3 is 0 Å². The van der Waals surface area contributed by atoms with Crippen molar-refractivity contribution in [1.82, 2.24) is 10.1 Å². The maximum Gasteiger partial charge on any atom is 0.260 e. The van der Waals surface area contributed by atoms with Crippen LogP contribution in [0, 0.1) is 6.92 Å². The zero-order chi connectivity index (χ0) is 16.9. The van der Waals surface area contributed by atoms with Gasteiger partial charge in [0.25, 0.3) is 5.89 Å². The summed E-state index contributed by atoms with van der Waals surface area (Å²) in [6, 6.07) is 15.5. The summed E-state index contributed by atoms with van der Waals surface area (Å²) < 4.78 is 5.43. The molecule has 0 saturated carbocycles. The molecule has 3 rings (SSSR count). The van der Waals surface area contributed by atoms with Crippen molar-refractivity contribution in [2.45, 2.75) is 13.0 Å². The number of aryl methyl sites for hydroxylation is 1. The number of hydrogen-bond donors (Lipinski definition) is 2. The van der Waals surface area contributed by atoms with Gasteiger partial charge in [0, 0.05) is 17.8 Å². The maximum atomic E-state index is 9.61. The molecule has 0 radical (unpaired) electrons. The van der Waals surface area contributed by atoms with E-state index in [1.165, 1.54) is 0 Å². The molecule has 0 saturated heterocycles.